The minimum absolute atomic E-state index is 0.309. The first-order valence-electron chi connectivity index (χ1n) is 10.9. The Morgan fingerprint density at radius 1 is 0.600 bits per heavy atom. The van der Waals surface area contributed by atoms with E-state index in [1.54, 1.807) is 0 Å². The van der Waals surface area contributed by atoms with Crippen molar-refractivity contribution in [3.63, 3.8) is 0 Å². The Labute approximate surface area is 178 Å². The normalized spacial score (nSPS) is 17.1. The van der Waals surface area contributed by atoms with E-state index in [9.17, 15) is 0 Å². The van der Waals surface area contributed by atoms with Crippen molar-refractivity contribution in [2.24, 2.45) is 0 Å². The van der Waals surface area contributed by atoms with Gasteiger partial charge >= 0.3 is 0 Å². The van der Waals surface area contributed by atoms with Gasteiger partial charge in [0.05, 0.1) is 0 Å². The van der Waals surface area contributed by atoms with Gasteiger partial charge < -0.3 is 4.98 Å². The highest BCUT2D eigenvalue weighted by Crippen LogP contribution is 2.73. The summed E-state index contributed by atoms with van der Waals surface area (Å²) in [5, 5.41) is 7.23. The maximum absolute atomic E-state index is 3.38. The van der Waals surface area contributed by atoms with E-state index in [0.29, 0.717) is 17.3 Å². The largest absolute Gasteiger partial charge is 0.361 e. The first-order chi connectivity index (χ1) is 14.4. The van der Waals surface area contributed by atoms with Crippen LogP contribution >= 0.6 is 0 Å². The summed E-state index contributed by atoms with van der Waals surface area (Å²) < 4.78 is 0. The summed E-state index contributed by atoms with van der Waals surface area (Å²) in [5.41, 5.74) is 5.41. The summed E-state index contributed by atoms with van der Waals surface area (Å²) in [7, 11) is 0. The van der Waals surface area contributed by atoms with Gasteiger partial charge in [0.15, 0.2) is 6.71 Å². The maximum atomic E-state index is 3.38. The lowest BCUT2D eigenvalue weighted by Crippen LogP contribution is -2.23. The lowest BCUT2D eigenvalue weighted by Gasteiger charge is -2.15. The van der Waals surface area contributed by atoms with Gasteiger partial charge in [0.1, 0.15) is 0 Å². The van der Waals surface area contributed by atoms with Crippen LogP contribution in [-0.4, -0.2) is 11.7 Å². The fourth-order valence-electron chi connectivity index (χ4n) is 5.91. The SMILES string of the molecule is CC1(C)B(c2ccccc2-c2cc3c4cc[nH]c4ccc3c3ccccc23)C1(C)C. The smallest absolute Gasteiger partial charge is 0.188 e. The van der Waals surface area contributed by atoms with Gasteiger partial charge in [-0.15, -0.1) is 0 Å². The van der Waals surface area contributed by atoms with Crippen LogP contribution in [0.2, 0.25) is 10.6 Å². The van der Waals surface area contributed by atoms with Crippen molar-refractivity contribution in [1.29, 1.82) is 0 Å². The number of benzene rings is 4. The number of hydrogen-bond acceptors (Lipinski definition) is 0. The molecule has 1 N–H and O–H groups in total. The monoisotopic (exact) mass is 387 g/mol. The van der Waals surface area contributed by atoms with E-state index in [2.05, 4.69) is 105 Å². The van der Waals surface area contributed by atoms with E-state index in [1.165, 1.54) is 49.0 Å². The van der Waals surface area contributed by atoms with Crippen molar-refractivity contribution in [3.8, 4) is 11.1 Å². The van der Waals surface area contributed by atoms with E-state index in [-0.39, 0.29) is 0 Å². The molecule has 146 valence electrons. The van der Waals surface area contributed by atoms with Crippen LogP contribution in [0.25, 0.3) is 43.6 Å². The standard InChI is InChI=1S/C28H26BN/c1-27(2)28(3,4)29(27)25-12-8-7-11-21(25)23-17-24-20(18-9-5-6-10-19(18)23)13-14-26-22(24)15-16-30-26/h5-17,30H,1-4H3. The summed E-state index contributed by atoms with van der Waals surface area (Å²) in [5.74, 6) is 0. The molecule has 2 heterocycles. The number of aromatic amines is 1. The van der Waals surface area contributed by atoms with Crippen LogP contribution in [0.4, 0.5) is 0 Å². The van der Waals surface area contributed by atoms with Crippen LogP contribution in [0.1, 0.15) is 27.7 Å². The molecule has 1 aliphatic heterocycles. The molecule has 0 spiro atoms. The third-order valence-corrected chi connectivity index (χ3v) is 8.15. The van der Waals surface area contributed by atoms with Crippen LogP contribution < -0.4 is 5.46 Å². The average Bonchev–Trinajstić information content (AvgIpc) is 3.06. The highest BCUT2D eigenvalue weighted by molar-refractivity contribution is 6.90. The van der Waals surface area contributed by atoms with Crippen molar-refractivity contribution >= 4 is 44.6 Å². The van der Waals surface area contributed by atoms with E-state index in [4.69, 9.17) is 0 Å². The molecule has 4 aromatic carbocycles. The molecule has 5 aromatic rings. The lowest BCUT2D eigenvalue weighted by atomic mass is 9.51. The first-order valence-corrected chi connectivity index (χ1v) is 10.9. The van der Waals surface area contributed by atoms with Crippen LogP contribution in [0, 0.1) is 0 Å². The average molecular weight is 387 g/mol. The molecule has 0 atom stereocenters. The molecule has 1 nitrogen and oxygen atoms in total. The van der Waals surface area contributed by atoms with Crippen molar-refractivity contribution in [2.75, 3.05) is 0 Å². The number of aromatic nitrogens is 1. The second kappa shape index (κ2) is 5.79. The fourth-order valence-corrected chi connectivity index (χ4v) is 5.91. The Kier molecular flexibility index (Phi) is 3.44. The highest BCUT2D eigenvalue weighted by atomic mass is 14.7. The minimum Gasteiger partial charge on any atom is -0.361 e. The molecular weight excluding hydrogens is 361 g/mol. The van der Waals surface area contributed by atoms with Crippen molar-refractivity contribution < 1.29 is 0 Å². The predicted molar refractivity (Wildman–Crippen MR) is 132 cm³/mol. The third kappa shape index (κ3) is 2.20. The van der Waals surface area contributed by atoms with Gasteiger partial charge in [-0.1, -0.05) is 98.4 Å². The molecule has 30 heavy (non-hydrogen) atoms. The minimum atomic E-state index is 0.309. The molecule has 0 bridgehead atoms. The summed E-state index contributed by atoms with van der Waals surface area (Å²) in [6.07, 6.45) is 2.04. The zero-order valence-corrected chi connectivity index (χ0v) is 18.1. The Bertz CT molecular complexity index is 1440. The number of rotatable bonds is 2. The first kappa shape index (κ1) is 17.8. The van der Waals surface area contributed by atoms with Gasteiger partial charge in [-0.25, -0.2) is 0 Å². The van der Waals surface area contributed by atoms with Crippen LogP contribution in [0.15, 0.2) is 79.0 Å². The van der Waals surface area contributed by atoms with E-state index in [1.807, 2.05) is 6.20 Å². The molecule has 0 radical (unpaired) electrons. The second-order valence-corrected chi connectivity index (χ2v) is 10.0. The van der Waals surface area contributed by atoms with E-state index in [0.717, 1.165) is 0 Å². The Hall–Kier alpha value is -3.00. The van der Waals surface area contributed by atoms with Gasteiger partial charge in [-0.2, -0.15) is 0 Å². The zero-order valence-electron chi connectivity index (χ0n) is 18.1. The summed E-state index contributed by atoms with van der Waals surface area (Å²) >= 11 is 0. The summed E-state index contributed by atoms with van der Waals surface area (Å²) in [4.78, 5) is 3.38. The van der Waals surface area contributed by atoms with Gasteiger partial charge in [0.25, 0.3) is 0 Å². The molecule has 1 fully saturated rings. The summed E-state index contributed by atoms with van der Waals surface area (Å²) in [6.45, 7) is 10.2. The Morgan fingerprint density at radius 3 is 2.03 bits per heavy atom. The molecule has 0 aliphatic carbocycles. The van der Waals surface area contributed by atoms with Crippen molar-refractivity contribution in [2.45, 2.75) is 38.3 Å². The molecule has 1 saturated heterocycles. The van der Waals surface area contributed by atoms with Gasteiger partial charge in [-0.05, 0) is 50.9 Å². The van der Waals surface area contributed by atoms with Crippen LogP contribution in [0.5, 0.6) is 0 Å². The summed E-state index contributed by atoms with van der Waals surface area (Å²) in [6, 6.07) is 27.0. The van der Waals surface area contributed by atoms with E-state index < -0.39 is 0 Å². The molecule has 6 rings (SSSR count). The lowest BCUT2D eigenvalue weighted by molar-refractivity contribution is 0.628. The van der Waals surface area contributed by atoms with Crippen LogP contribution in [0.3, 0.4) is 0 Å². The molecule has 0 unspecified atom stereocenters. The maximum Gasteiger partial charge on any atom is 0.188 e. The molecule has 2 heteroatoms. The predicted octanol–water partition coefficient (Wildman–Crippen LogP) is 7.42. The quantitative estimate of drug-likeness (QED) is 0.240. The molecule has 1 aliphatic rings. The molecular formula is C28H26BN. The number of fused-ring (bicyclic) bond motifs is 5. The Morgan fingerprint density at radius 2 is 1.27 bits per heavy atom. The zero-order chi connectivity index (χ0) is 20.7. The van der Waals surface area contributed by atoms with Crippen molar-refractivity contribution in [1.82, 2.24) is 4.98 Å². The fraction of sp³-hybridized carbons (Fsp3) is 0.214. The second-order valence-electron chi connectivity index (χ2n) is 10.0. The van der Waals surface area contributed by atoms with Crippen LogP contribution in [-0.2, 0) is 0 Å². The molecule has 0 amide bonds. The number of nitrogens with one attached hydrogen (secondary N) is 1. The molecule has 0 saturated carbocycles. The topological polar surface area (TPSA) is 15.8 Å². The highest BCUT2D eigenvalue weighted by Gasteiger charge is 2.68. The van der Waals surface area contributed by atoms with Gasteiger partial charge in [0, 0.05) is 17.1 Å². The molecule has 1 aromatic heterocycles. The van der Waals surface area contributed by atoms with Gasteiger partial charge in [0.2, 0.25) is 0 Å². The Balaban J connectivity index is 1.72. The number of hydrogen-bond donors (Lipinski definition) is 1. The number of H-pyrrole nitrogens is 1. The third-order valence-electron chi connectivity index (χ3n) is 8.15. The van der Waals surface area contributed by atoms with Crippen molar-refractivity contribution in [3.05, 3.63) is 79.0 Å². The van der Waals surface area contributed by atoms with E-state index >= 15 is 0 Å². The van der Waals surface area contributed by atoms with Gasteiger partial charge in [-0.3, -0.25) is 0 Å².